The number of anilines is 1. The van der Waals surface area contributed by atoms with E-state index in [0.717, 1.165) is 17.6 Å². The molecule has 5 aliphatic heterocycles. The molecule has 45 heavy (non-hydrogen) atoms. The van der Waals surface area contributed by atoms with Crippen molar-refractivity contribution in [2.24, 2.45) is 20.7 Å². The predicted molar refractivity (Wildman–Crippen MR) is 149 cm³/mol. The number of nitrogens with zero attached hydrogens (tertiary/aromatic N) is 8. The maximum Gasteiger partial charge on any atom is 0.336 e. The summed E-state index contributed by atoms with van der Waals surface area (Å²) in [4.78, 5) is 47.4. The van der Waals surface area contributed by atoms with Crippen LogP contribution >= 0.6 is 6.72 Å². The Kier molecular flexibility index (Phi) is 7.42. The Labute approximate surface area is 256 Å². The van der Waals surface area contributed by atoms with Crippen LogP contribution in [0.3, 0.4) is 0 Å². The minimum atomic E-state index is -4.78. The van der Waals surface area contributed by atoms with E-state index >= 15 is 8.78 Å². The standard InChI is InChI=1S/C20H22F2N11O9PS2/c21-8-12-6(39-18(8)32-4-27-10-14(23)25-3-26-15(10)32)1-29-45(36,37)42-13-7(2-38-43(35,44)41-12)40-19(9(13)22)33-5-28-11-16(33)30-20(24)31-17(11)34/h3-9,11-13,18-19,29H,1-2H2,(H,35,44)(H2,23,25,26)(H2,24,31,34)/t6-,7-,8-,9-,11?,12-,13-,18-,19-,43?/m1/s1. The molecule has 242 valence electrons. The van der Waals surface area contributed by atoms with Crippen molar-refractivity contribution in [3.05, 3.63) is 12.7 Å². The number of carbonyl (C=O) groups excluding carboxylic acids is 1. The van der Waals surface area contributed by atoms with Crippen molar-refractivity contribution in [3.63, 3.8) is 0 Å². The first kappa shape index (κ1) is 30.5. The third-order valence-corrected chi connectivity index (χ3v) is 9.92. The number of amidine groups is 1. The Morgan fingerprint density at radius 1 is 1.09 bits per heavy atom. The third kappa shape index (κ3) is 5.39. The van der Waals surface area contributed by atoms with Gasteiger partial charge in [0.25, 0.3) is 5.91 Å². The zero-order valence-electron chi connectivity index (χ0n) is 22.3. The number of ether oxygens (including phenoxy) is 2. The Balaban J connectivity index is 1.14. The number of nitrogens with two attached hydrogens (primary N) is 2. The van der Waals surface area contributed by atoms with Gasteiger partial charge in [-0.1, -0.05) is 0 Å². The first-order valence-electron chi connectivity index (χ1n) is 13.0. The van der Waals surface area contributed by atoms with Crippen molar-refractivity contribution in [1.82, 2.24) is 29.1 Å². The highest BCUT2D eigenvalue weighted by molar-refractivity contribution is 8.07. The second-order valence-electron chi connectivity index (χ2n) is 10.2. The summed E-state index contributed by atoms with van der Waals surface area (Å²) in [6.07, 6.45) is -10.5. The van der Waals surface area contributed by atoms with Crippen molar-refractivity contribution in [1.29, 1.82) is 0 Å². The Morgan fingerprint density at radius 2 is 1.84 bits per heavy atom. The largest absolute Gasteiger partial charge is 0.382 e. The molecule has 0 aliphatic carbocycles. The van der Waals surface area contributed by atoms with E-state index in [0.29, 0.717) is 0 Å². The van der Waals surface area contributed by atoms with E-state index in [2.05, 4.69) is 34.7 Å². The number of amides is 1. The van der Waals surface area contributed by atoms with E-state index < -0.39 is 97.3 Å². The minimum absolute atomic E-state index is 0.0234. The molecule has 7 heterocycles. The zero-order chi connectivity index (χ0) is 31.8. The maximum atomic E-state index is 15.9. The number of nitrogen functional groups attached to an aromatic ring is 1. The zero-order valence-corrected chi connectivity index (χ0v) is 24.8. The summed E-state index contributed by atoms with van der Waals surface area (Å²) in [5.74, 6) is -1.23. The summed E-state index contributed by atoms with van der Waals surface area (Å²) in [5, 5.41) is 0. The van der Waals surface area contributed by atoms with Crippen LogP contribution < -0.4 is 16.2 Å². The average Bonchev–Trinajstić information content (AvgIpc) is 3.72. The van der Waals surface area contributed by atoms with Crippen LogP contribution in [0.1, 0.15) is 6.23 Å². The fourth-order valence-electron chi connectivity index (χ4n) is 5.36. The van der Waals surface area contributed by atoms with Crippen molar-refractivity contribution >= 4 is 69.9 Å². The second kappa shape index (κ2) is 11.0. The van der Waals surface area contributed by atoms with Gasteiger partial charge in [-0.05, 0) is 11.8 Å². The van der Waals surface area contributed by atoms with Crippen molar-refractivity contribution in [3.8, 4) is 0 Å². The number of hydrogen-bond donors (Lipinski definition) is 4. The molecule has 0 radical (unpaired) electrons. The van der Waals surface area contributed by atoms with E-state index in [4.69, 9.17) is 46.0 Å². The molecular formula is C20H22F2N11O9PS2. The smallest absolute Gasteiger partial charge is 0.336 e. The molecule has 0 aromatic carbocycles. The van der Waals surface area contributed by atoms with Gasteiger partial charge in [-0.25, -0.2) is 27.9 Å². The van der Waals surface area contributed by atoms with E-state index in [1.807, 2.05) is 0 Å². The van der Waals surface area contributed by atoms with Crippen LogP contribution in [0.2, 0.25) is 0 Å². The van der Waals surface area contributed by atoms with Gasteiger partial charge in [0.1, 0.15) is 36.3 Å². The Morgan fingerprint density at radius 3 is 2.64 bits per heavy atom. The number of alkyl halides is 2. The number of imidazole rings is 1. The van der Waals surface area contributed by atoms with Gasteiger partial charge in [-0.3, -0.25) is 23.8 Å². The number of halogens is 2. The highest BCUT2D eigenvalue weighted by atomic mass is 32.5. The lowest BCUT2D eigenvalue weighted by Crippen LogP contribution is -2.49. The van der Waals surface area contributed by atoms with Crippen molar-refractivity contribution < 1.29 is 49.6 Å². The monoisotopic (exact) mass is 693 g/mol. The molecule has 20 nitrogen and oxygen atoms in total. The van der Waals surface area contributed by atoms with Crippen LogP contribution in [0, 0.1) is 0 Å². The average molecular weight is 694 g/mol. The SMILES string of the molecule is NC1=NC(=O)C2N=CN([C@@H]3O[C@@H]4COP(O)(=S)O[C@H]5[C@@H](F)[C@H](n6cnc7c(N)ncnc76)O[C@@H]5CNS(=O)(=O)O[C@H]4[C@H]3F)C2=N1. The number of nitrogens with one attached hydrogen (secondary N) is 1. The molecule has 2 aromatic heterocycles. The lowest BCUT2D eigenvalue weighted by Gasteiger charge is -2.27. The number of aromatic nitrogens is 4. The van der Waals surface area contributed by atoms with Gasteiger partial charge in [0.2, 0.25) is 5.96 Å². The second-order valence-corrected chi connectivity index (χ2v) is 14.3. The topological polar surface area (TPSA) is 266 Å². The molecule has 0 spiro atoms. The van der Waals surface area contributed by atoms with Crippen LogP contribution in [0.5, 0.6) is 0 Å². The third-order valence-electron chi connectivity index (χ3n) is 7.36. The van der Waals surface area contributed by atoms with Gasteiger partial charge in [0.05, 0.1) is 19.3 Å². The Hall–Kier alpha value is -3.19. The maximum absolute atomic E-state index is 15.9. The van der Waals surface area contributed by atoms with Gasteiger partial charge in [-0.15, -0.1) is 0 Å². The normalized spacial score (nSPS) is 39.8. The van der Waals surface area contributed by atoms with Gasteiger partial charge in [0.15, 0.2) is 48.1 Å². The van der Waals surface area contributed by atoms with E-state index in [-0.39, 0.29) is 22.8 Å². The molecular weight excluding hydrogens is 671 g/mol. The van der Waals surface area contributed by atoms with Gasteiger partial charge in [-0.2, -0.15) is 23.1 Å². The van der Waals surface area contributed by atoms with Crippen LogP contribution in [0.15, 0.2) is 27.6 Å². The molecule has 2 aromatic rings. The fourth-order valence-corrected chi connectivity index (χ4v) is 7.75. The van der Waals surface area contributed by atoms with E-state index in [1.54, 1.807) is 0 Å². The number of guanidine groups is 1. The predicted octanol–water partition coefficient (Wildman–Crippen LogP) is -2.48. The van der Waals surface area contributed by atoms with Gasteiger partial charge >= 0.3 is 17.0 Å². The van der Waals surface area contributed by atoms with Crippen LogP contribution in [-0.2, 0) is 49.6 Å². The molecule has 6 N–H and O–H groups in total. The summed E-state index contributed by atoms with van der Waals surface area (Å²) >= 11 is 5.11. The van der Waals surface area contributed by atoms with Crippen LogP contribution in [0.4, 0.5) is 14.6 Å². The lowest BCUT2D eigenvalue weighted by molar-refractivity contribution is -0.117. The molecule has 5 aliphatic rings. The summed E-state index contributed by atoms with van der Waals surface area (Å²) in [6, 6.07) is -1.21. The molecule has 3 fully saturated rings. The first-order chi connectivity index (χ1) is 21.3. The quantitative estimate of drug-likeness (QED) is 0.237. The number of aliphatic imine (C=N–C) groups is 3. The summed E-state index contributed by atoms with van der Waals surface area (Å²) < 4.78 is 88.6. The van der Waals surface area contributed by atoms with Gasteiger partial charge < -0.3 is 30.4 Å². The fraction of sp³-hybridized carbons (Fsp3) is 0.550. The lowest BCUT2D eigenvalue weighted by atomic mass is 10.1. The van der Waals surface area contributed by atoms with Gasteiger partial charge in [0, 0.05) is 6.54 Å². The molecule has 2 unspecified atom stereocenters. The number of hydrogen-bond acceptors (Lipinski definition) is 17. The Bertz CT molecular complexity index is 1810. The number of rotatable bonds is 2. The van der Waals surface area contributed by atoms with E-state index in [1.165, 1.54) is 10.9 Å². The number of carbonyl (C=O) groups is 1. The molecule has 1 amide bonds. The molecule has 0 bridgehead atoms. The summed E-state index contributed by atoms with van der Waals surface area (Å²) in [5.41, 5.74) is 11.6. The minimum Gasteiger partial charge on any atom is -0.382 e. The molecule has 7 rings (SSSR count). The summed E-state index contributed by atoms with van der Waals surface area (Å²) in [7, 11) is -4.78. The van der Waals surface area contributed by atoms with Crippen LogP contribution in [-0.4, -0.2) is 124 Å². The highest BCUT2D eigenvalue weighted by Crippen LogP contribution is 2.50. The van der Waals surface area contributed by atoms with E-state index in [9.17, 15) is 18.1 Å². The van der Waals surface area contributed by atoms with Crippen molar-refractivity contribution in [2.45, 2.75) is 55.3 Å². The summed E-state index contributed by atoms with van der Waals surface area (Å²) in [6.45, 7) is -5.75. The highest BCUT2D eigenvalue weighted by Gasteiger charge is 2.55. The first-order valence-corrected chi connectivity index (χ1v) is 17.0. The molecule has 25 heteroatoms. The number of fused-ring (bicyclic) bond motifs is 4. The molecule has 10 atom stereocenters. The van der Waals surface area contributed by atoms with Crippen molar-refractivity contribution in [2.75, 3.05) is 18.9 Å². The molecule has 3 saturated heterocycles. The van der Waals surface area contributed by atoms with Crippen LogP contribution in [0.25, 0.3) is 11.2 Å². The molecule has 0 saturated carbocycles.